The maximum atomic E-state index is 13.8. The molecule has 2 amide bonds. The van der Waals surface area contributed by atoms with Gasteiger partial charge in [0.1, 0.15) is 6.04 Å². The first-order valence-electron chi connectivity index (χ1n) is 16.7. The lowest BCUT2D eigenvalue weighted by atomic mass is 9.91. The Morgan fingerprint density at radius 1 is 0.980 bits per heavy atom. The van der Waals surface area contributed by atoms with Crippen molar-refractivity contribution in [1.29, 1.82) is 0 Å². The van der Waals surface area contributed by atoms with E-state index in [-0.39, 0.29) is 24.8 Å². The predicted molar refractivity (Wildman–Crippen MR) is 188 cm³/mol. The molecule has 0 saturated carbocycles. The summed E-state index contributed by atoms with van der Waals surface area (Å²) in [4.78, 5) is 35.9. The number of β-amino-alcohol motifs (C(OH)–C–C–N with tert-alkyl or cyclic N) is 1. The molecule has 3 aromatic rings. The lowest BCUT2D eigenvalue weighted by molar-refractivity contribution is -0.132. The quantitative estimate of drug-likeness (QED) is 0.160. The Kier molecular flexibility index (Phi) is 13.6. The van der Waals surface area contributed by atoms with Crippen LogP contribution in [0.1, 0.15) is 55.5 Å². The second-order valence-electron chi connectivity index (χ2n) is 14.0. The number of hydrogen-bond donors (Lipinski definition) is 6. The largest absolute Gasteiger partial charge is 0.394 e. The minimum absolute atomic E-state index is 0.0712. The molecule has 1 aliphatic heterocycles. The van der Waals surface area contributed by atoms with Gasteiger partial charge >= 0.3 is 10.4 Å². The highest BCUT2D eigenvalue weighted by atomic mass is 32.3. The first-order valence-corrected chi connectivity index (χ1v) is 18.1. The molecule has 14 heteroatoms. The molecule has 13 nitrogen and oxygen atoms in total. The van der Waals surface area contributed by atoms with Crippen LogP contribution in [0.2, 0.25) is 0 Å². The molecule has 5 rings (SSSR count). The number of fused-ring (bicyclic) bond motifs is 1. The Morgan fingerprint density at radius 3 is 2.30 bits per heavy atom. The zero-order chi connectivity index (χ0) is 36.5. The van der Waals surface area contributed by atoms with Crippen molar-refractivity contribution in [1.82, 2.24) is 25.4 Å². The van der Waals surface area contributed by atoms with Crippen molar-refractivity contribution in [3.05, 3.63) is 101 Å². The topological polar surface area (TPSA) is 193 Å². The number of nitrogens with one attached hydrogen (secondary N) is 2. The number of amides is 2. The minimum atomic E-state index is -4.67. The van der Waals surface area contributed by atoms with Crippen molar-refractivity contribution in [2.24, 2.45) is 5.92 Å². The molecule has 6 N–H and O–H groups in total. The van der Waals surface area contributed by atoms with Crippen LogP contribution in [0, 0.1) is 5.92 Å². The Hall–Kier alpha value is -3.76. The number of aliphatic hydroxyl groups is 2. The normalized spacial score (nSPS) is 20.9. The van der Waals surface area contributed by atoms with Gasteiger partial charge in [0.05, 0.1) is 18.2 Å². The van der Waals surface area contributed by atoms with E-state index in [9.17, 15) is 19.8 Å². The maximum absolute atomic E-state index is 13.8. The van der Waals surface area contributed by atoms with Gasteiger partial charge in [-0.1, -0.05) is 60.7 Å². The summed E-state index contributed by atoms with van der Waals surface area (Å²) in [5, 5.41) is 28.5. The van der Waals surface area contributed by atoms with Gasteiger partial charge in [0.15, 0.2) is 0 Å². The van der Waals surface area contributed by atoms with Gasteiger partial charge in [-0.25, -0.2) is 0 Å². The van der Waals surface area contributed by atoms with E-state index in [0.29, 0.717) is 32.5 Å². The van der Waals surface area contributed by atoms with Crippen LogP contribution < -0.4 is 10.6 Å². The van der Waals surface area contributed by atoms with Crippen LogP contribution in [0.3, 0.4) is 0 Å². The van der Waals surface area contributed by atoms with Gasteiger partial charge in [0.2, 0.25) is 11.8 Å². The second kappa shape index (κ2) is 17.4. The standard InChI is InChI=1S/C36H47N5O4.H2O4S/c1-36(2,3)39-35(45)31-24-40(22-26-12-9-15-37-21-26)16-17-41(31)23-29(42)19-28(18-25-10-5-4-6-11-25)34(44)38-33-30-14-8-7-13-27(30)20-32(33)43;1-5(2,3)4/h4-15,21,28-29,31-33,42-43H,16-20,22-24H2,1-3H3,(H,38,44)(H,39,45);(H2,1,2,3,4)/t28-,29+,31-,32-,33+;/m1./s1. The smallest absolute Gasteiger partial charge is 0.392 e. The van der Waals surface area contributed by atoms with Gasteiger partial charge < -0.3 is 20.8 Å². The van der Waals surface area contributed by atoms with Crippen LogP contribution in [-0.2, 0) is 39.4 Å². The summed E-state index contributed by atoms with van der Waals surface area (Å²) >= 11 is 0. The number of hydrogen-bond acceptors (Lipinski definition) is 9. The van der Waals surface area contributed by atoms with Gasteiger partial charge in [0.25, 0.3) is 0 Å². The molecule has 1 aliphatic carbocycles. The third-order valence-corrected chi connectivity index (χ3v) is 8.70. The van der Waals surface area contributed by atoms with Crippen molar-refractivity contribution in [3.63, 3.8) is 0 Å². The molecular formula is C36H49N5O8S. The molecule has 5 atom stereocenters. The average Bonchev–Trinajstić information content (AvgIpc) is 3.35. The molecule has 0 radical (unpaired) electrons. The SMILES string of the molecule is CC(C)(C)NC(=O)[C@H]1CN(Cc2cccnc2)CCN1C[C@@H](O)C[C@@H](Cc1ccccc1)C(=O)N[C@H]1c2ccccc2C[C@H]1O.O=S(=O)(O)O. The highest BCUT2D eigenvalue weighted by Gasteiger charge is 2.37. The lowest BCUT2D eigenvalue weighted by Gasteiger charge is -2.42. The van der Waals surface area contributed by atoms with Gasteiger partial charge in [0, 0.05) is 63.0 Å². The number of carbonyl (C=O) groups excluding carboxylic acids is 2. The van der Waals surface area contributed by atoms with Gasteiger partial charge in [-0.3, -0.25) is 33.5 Å². The van der Waals surface area contributed by atoms with Gasteiger partial charge in [-0.15, -0.1) is 0 Å². The summed E-state index contributed by atoms with van der Waals surface area (Å²) < 4.78 is 31.6. The molecule has 0 spiro atoms. The fourth-order valence-corrected chi connectivity index (χ4v) is 6.56. The first-order chi connectivity index (χ1) is 23.6. The number of nitrogens with zero attached hydrogens (tertiary/aromatic N) is 3. The van der Waals surface area contributed by atoms with E-state index in [0.717, 1.165) is 28.8 Å². The number of aliphatic hydroxyl groups excluding tert-OH is 2. The lowest BCUT2D eigenvalue weighted by Crippen LogP contribution is -2.61. The number of piperazine rings is 1. The third-order valence-electron chi connectivity index (χ3n) is 8.70. The van der Waals surface area contributed by atoms with Crippen LogP contribution in [0.5, 0.6) is 0 Å². The number of carbonyl (C=O) groups is 2. The summed E-state index contributed by atoms with van der Waals surface area (Å²) in [7, 11) is -4.67. The molecule has 1 fully saturated rings. The van der Waals surface area contributed by atoms with E-state index in [2.05, 4.69) is 25.4 Å². The highest BCUT2D eigenvalue weighted by Crippen LogP contribution is 2.32. The summed E-state index contributed by atoms with van der Waals surface area (Å²) in [6.07, 6.45) is 3.26. The van der Waals surface area contributed by atoms with E-state index < -0.39 is 46.1 Å². The van der Waals surface area contributed by atoms with Gasteiger partial charge in [-0.2, -0.15) is 8.42 Å². The molecule has 1 aromatic heterocycles. The molecule has 2 aliphatic rings. The first kappa shape index (κ1) is 39.0. The average molecular weight is 712 g/mol. The van der Waals surface area contributed by atoms with Crippen molar-refractivity contribution in [2.75, 3.05) is 26.2 Å². The number of rotatable bonds is 11. The highest BCUT2D eigenvalue weighted by molar-refractivity contribution is 7.79. The fraction of sp³-hybridized carbons (Fsp3) is 0.472. The molecule has 1 saturated heterocycles. The van der Waals surface area contributed by atoms with Crippen LogP contribution in [0.25, 0.3) is 0 Å². The van der Waals surface area contributed by atoms with E-state index >= 15 is 0 Å². The second-order valence-corrected chi connectivity index (χ2v) is 14.9. The van der Waals surface area contributed by atoms with Crippen molar-refractivity contribution in [3.8, 4) is 0 Å². The predicted octanol–water partition coefficient (Wildman–Crippen LogP) is 2.21. The van der Waals surface area contributed by atoms with Gasteiger partial charge in [-0.05, 0) is 61.9 Å². The van der Waals surface area contributed by atoms with Crippen molar-refractivity contribution >= 4 is 22.2 Å². The summed E-state index contributed by atoms with van der Waals surface area (Å²) in [5.41, 5.74) is 3.68. The Balaban J connectivity index is 0.00000105. The van der Waals surface area contributed by atoms with E-state index in [1.807, 2.05) is 93.7 Å². The van der Waals surface area contributed by atoms with E-state index in [4.69, 9.17) is 17.5 Å². The van der Waals surface area contributed by atoms with Crippen LogP contribution in [0.15, 0.2) is 79.1 Å². The Labute approximate surface area is 294 Å². The molecule has 2 aromatic carbocycles. The molecule has 0 bridgehead atoms. The molecule has 0 unspecified atom stereocenters. The molecular weight excluding hydrogens is 662 g/mol. The fourth-order valence-electron chi connectivity index (χ4n) is 6.56. The molecule has 272 valence electrons. The summed E-state index contributed by atoms with van der Waals surface area (Å²) in [6, 6.07) is 20.6. The maximum Gasteiger partial charge on any atom is 0.394 e. The monoisotopic (exact) mass is 711 g/mol. The zero-order valence-corrected chi connectivity index (χ0v) is 29.5. The molecule has 2 heterocycles. The van der Waals surface area contributed by atoms with Crippen LogP contribution >= 0.6 is 0 Å². The summed E-state index contributed by atoms with van der Waals surface area (Å²) in [6.45, 7) is 8.74. The van der Waals surface area contributed by atoms with E-state index in [1.165, 1.54) is 0 Å². The Morgan fingerprint density at radius 2 is 1.64 bits per heavy atom. The van der Waals surface area contributed by atoms with Crippen LogP contribution in [0.4, 0.5) is 0 Å². The number of aromatic nitrogens is 1. The number of pyridine rings is 1. The zero-order valence-electron chi connectivity index (χ0n) is 28.7. The van der Waals surface area contributed by atoms with Crippen molar-refractivity contribution < 1.29 is 37.3 Å². The minimum Gasteiger partial charge on any atom is -0.392 e. The van der Waals surface area contributed by atoms with Crippen LogP contribution in [-0.4, -0.2) is 104 Å². The van der Waals surface area contributed by atoms with E-state index in [1.54, 1.807) is 6.20 Å². The third kappa shape index (κ3) is 12.5. The number of benzene rings is 2. The molecule has 50 heavy (non-hydrogen) atoms. The summed E-state index contributed by atoms with van der Waals surface area (Å²) in [5.74, 6) is -0.781. The van der Waals surface area contributed by atoms with Crippen molar-refractivity contribution in [2.45, 2.75) is 76.4 Å². The Bertz CT molecular complexity index is 1650.